The number of aromatic nitrogens is 4. The Morgan fingerprint density at radius 3 is 2.36 bits per heavy atom. The summed E-state index contributed by atoms with van der Waals surface area (Å²) in [5, 5.41) is 12.4. The third-order valence-electron chi connectivity index (χ3n) is 6.12. The summed E-state index contributed by atoms with van der Waals surface area (Å²) in [6.45, 7) is -1.48. The maximum absolute atomic E-state index is 13.5. The van der Waals surface area contributed by atoms with E-state index in [-0.39, 0.29) is 45.2 Å². The predicted molar refractivity (Wildman–Crippen MR) is 130 cm³/mol. The van der Waals surface area contributed by atoms with E-state index < -0.39 is 30.2 Å². The number of fused-ring (bicyclic) bond motifs is 1. The van der Waals surface area contributed by atoms with Crippen LogP contribution in [-0.4, -0.2) is 56.4 Å². The molecule has 0 aliphatic heterocycles. The summed E-state index contributed by atoms with van der Waals surface area (Å²) in [6.07, 6.45) is -5.60. The Kier molecular flexibility index (Phi) is 7.54. The minimum absolute atomic E-state index is 0.0140. The van der Waals surface area contributed by atoms with E-state index in [0.29, 0.717) is 5.52 Å². The highest BCUT2D eigenvalue weighted by Crippen LogP contribution is 2.41. The van der Waals surface area contributed by atoms with Crippen LogP contribution >= 0.6 is 11.6 Å². The molecule has 14 heteroatoms. The van der Waals surface area contributed by atoms with Crippen LogP contribution in [0, 0.1) is 0 Å². The van der Waals surface area contributed by atoms with Gasteiger partial charge in [0.25, 0.3) is 0 Å². The molecule has 0 radical (unpaired) electrons. The normalized spacial score (nSPS) is 14.2. The molecule has 0 unspecified atom stereocenters. The molecule has 0 amide bonds. The largest absolute Gasteiger partial charge is 0.481 e. The lowest BCUT2D eigenvalue weighted by Crippen LogP contribution is -2.32. The average Bonchev–Trinajstić information content (AvgIpc) is 3.29. The number of nitrogens with zero attached hydrogens (tertiary/aromatic N) is 5. The third kappa shape index (κ3) is 5.65. The van der Waals surface area contributed by atoms with Gasteiger partial charge in [0.1, 0.15) is 5.69 Å². The van der Waals surface area contributed by atoms with E-state index in [1.807, 2.05) is 0 Å². The first-order valence-corrected chi connectivity index (χ1v) is 11.7. The van der Waals surface area contributed by atoms with Crippen LogP contribution in [0.25, 0.3) is 10.9 Å². The number of imidazole rings is 1. The van der Waals surface area contributed by atoms with E-state index in [2.05, 4.69) is 15.0 Å². The summed E-state index contributed by atoms with van der Waals surface area (Å²) in [4.78, 5) is 12.7. The summed E-state index contributed by atoms with van der Waals surface area (Å²) in [5.41, 5.74) is -2.79. The Morgan fingerprint density at radius 2 is 1.77 bits per heavy atom. The number of methoxy groups -OCH3 is 1. The molecule has 3 heterocycles. The summed E-state index contributed by atoms with van der Waals surface area (Å²) in [7, 11) is 4.12. The van der Waals surface area contributed by atoms with Gasteiger partial charge < -0.3 is 14.4 Å². The molecule has 4 aromatic rings. The van der Waals surface area contributed by atoms with Crippen molar-refractivity contribution < 1.29 is 36.2 Å². The van der Waals surface area contributed by atoms with Gasteiger partial charge in [0, 0.05) is 30.7 Å². The third-order valence-corrected chi connectivity index (χ3v) is 6.55. The van der Waals surface area contributed by atoms with Crippen molar-refractivity contribution in [3.05, 3.63) is 82.2 Å². The summed E-state index contributed by atoms with van der Waals surface area (Å²) in [5.74, 6) is 0.0140. The first kappa shape index (κ1) is 28.6. The van der Waals surface area contributed by atoms with Crippen LogP contribution in [0.3, 0.4) is 0 Å². The van der Waals surface area contributed by atoms with Crippen molar-refractivity contribution in [1.82, 2.24) is 24.4 Å². The second-order valence-electron chi connectivity index (χ2n) is 8.96. The Morgan fingerprint density at radius 1 is 1.08 bits per heavy atom. The fourth-order valence-corrected chi connectivity index (χ4v) is 4.68. The second kappa shape index (κ2) is 10.3. The zero-order chi connectivity index (χ0) is 28.8. The Bertz CT molecular complexity index is 1510. The second-order valence-corrected chi connectivity index (χ2v) is 9.34. The molecule has 0 aliphatic carbocycles. The highest BCUT2D eigenvalue weighted by molar-refractivity contribution is 6.36. The van der Waals surface area contributed by atoms with Gasteiger partial charge in [0.15, 0.2) is 5.60 Å². The van der Waals surface area contributed by atoms with E-state index in [9.17, 15) is 31.4 Å². The number of rotatable bonds is 7. The van der Waals surface area contributed by atoms with Crippen molar-refractivity contribution in [2.45, 2.75) is 24.5 Å². The number of halogens is 7. The number of aryl methyl sites for hydroxylation is 1. The van der Waals surface area contributed by atoms with Crippen molar-refractivity contribution in [1.29, 1.82) is 0 Å². The smallest absolute Gasteiger partial charge is 0.433 e. The van der Waals surface area contributed by atoms with Crippen molar-refractivity contribution >= 4 is 22.5 Å². The molecule has 0 spiro atoms. The number of pyridine rings is 2. The fraction of sp³-hybridized carbons (Fsp3) is 0.320. The zero-order valence-corrected chi connectivity index (χ0v) is 21.5. The van der Waals surface area contributed by atoms with Crippen LogP contribution in [-0.2, 0) is 25.4 Å². The van der Waals surface area contributed by atoms with Gasteiger partial charge >= 0.3 is 12.4 Å². The number of hydrogen-bond acceptors (Lipinski definition) is 6. The first-order chi connectivity index (χ1) is 18.1. The molecule has 0 aliphatic rings. The van der Waals surface area contributed by atoms with E-state index in [1.165, 1.54) is 55.5 Å². The van der Waals surface area contributed by atoms with E-state index in [0.717, 1.165) is 17.2 Å². The summed E-state index contributed by atoms with van der Waals surface area (Å²) >= 11 is 6.66. The van der Waals surface area contributed by atoms with Crippen molar-refractivity contribution in [3.63, 3.8) is 0 Å². The highest BCUT2D eigenvalue weighted by atomic mass is 35.5. The van der Waals surface area contributed by atoms with E-state index >= 15 is 0 Å². The molecule has 0 saturated heterocycles. The van der Waals surface area contributed by atoms with Crippen LogP contribution in [0.1, 0.15) is 28.1 Å². The Labute approximate surface area is 223 Å². The van der Waals surface area contributed by atoms with Crippen LogP contribution in [0.5, 0.6) is 5.88 Å². The lowest BCUT2D eigenvalue weighted by atomic mass is 9.83. The lowest BCUT2D eigenvalue weighted by molar-refractivity contribution is -0.144. The van der Waals surface area contributed by atoms with Crippen LogP contribution in [0.15, 0.2) is 49.1 Å². The van der Waals surface area contributed by atoms with Gasteiger partial charge in [-0.1, -0.05) is 17.7 Å². The molecule has 0 fully saturated rings. The molecule has 39 heavy (non-hydrogen) atoms. The molecular formula is C25H22ClF6N5O2. The molecule has 1 atom stereocenters. The minimum Gasteiger partial charge on any atom is -0.481 e. The number of hydrogen-bond donors (Lipinski definition) is 1. The molecule has 1 aromatic carbocycles. The van der Waals surface area contributed by atoms with Crippen molar-refractivity contribution in [2.24, 2.45) is 7.05 Å². The fourth-order valence-electron chi connectivity index (χ4n) is 4.38. The quantitative estimate of drug-likeness (QED) is 0.302. The van der Waals surface area contributed by atoms with Gasteiger partial charge in [-0.2, -0.15) is 26.3 Å². The number of alkyl halides is 6. The Hall–Kier alpha value is -3.42. The molecule has 3 aromatic heterocycles. The minimum atomic E-state index is -4.77. The monoisotopic (exact) mass is 573 g/mol. The predicted octanol–water partition coefficient (Wildman–Crippen LogP) is 5.32. The topological polar surface area (TPSA) is 76.3 Å². The zero-order valence-electron chi connectivity index (χ0n) is 20.8. The highest BCUT2D eigenvalue weighted by Gasteiger charge is 2.40. The number of benzene rings is 1. The maximum atomic E-state index is 13.5. The SMILES string of the molecule is COc1nc2ccc([C@@](O)(c3ccnc(C(F)(F)F)c3)c3cncn3C)cc2c(Cl)c1CN(C)CC(F)(F)F. The van der Waals surface area contributed by atoms with Crippen LogP contribution in [0.2, 0.25) is 5.02 Å². The van der Waals surface area contributed by atoms with Gasteiger partial charge in [-0.05, 0) is 42.4 Å². The molecule has 7 nitrogen and oxygen atoms in total. The van der Waals surface area contributed by atoms with Gasteiger partial charge in [0.05, 0.1) is 42.4 Å². The maximum Gasteiger partial charge on any atom is 0.433 e. The summed E-state index contributed by atoms with van der Waals surface area (Å²) < 4.78 is 86.0. The van der Waals surface area contributed by atoms with E-state index in [4.69, 9.17) is 16.3 Å². The molecule has 0 saturated carbocycles. The molecule has 208 valence electrons. The number of aliphatic hydroxyl groups is 1. The van der Waals surface area contributed by atoms with Gasteiger partial charge in [-0.3, -0.25) is 9.88 Å². The first-order valence-electron chi connectivity index (χ1n) is 11.3. The van der Waals surface area contributed by atoms with Crippen molar-refractivity contribution in [2.75, 3.05) is 20.7 Å². The lowest BCUT2D eigenvalue weighted by Gasteiger charge is -2.30. The molecule has 4 rings (SSSR count). The van der Waals surface area contributed by atoms with Crippen molar-refractivity contribution in [3.8, 4) is 5.88 Å². The van der Waals surface area contributed by atoms with Crippen LogP contribution in [0.4, 0.5) is 26.3 Å². The van der Waals surface area contributed by atoms with Gasteiger partial charge in [-0.25, -0.2) is 9.97 Å². The molecular weight excluding hydrogens is 552 g/mol. The average molecular weight is 574 g/mol. The molecule has 1 N–H and O–H groups in total. The Balaban J connectivity index is 1.93. The van der Waals surface area contributed by atoms with Gasteiger partial charge in [0.2, 0.25) is 5.88 Å². The number of ether oxygens (including phenoxy) is 1. The summed E-state index contributed by atoms with van der Waals surface area (Å²) in [6, 6.07) is 6.36. The standard InChI is InChI=1S/C25H22ClF6N5O2/c1-36(12-23(27,28)29)11-17-21(26)16-8-14(4-5-18(16)35-22(17)39-3)24(38,20-10-33-13-37(20)2)15-6-7-34-19(9-15)25(30,31)32/h4-10,13,38H,11-12H2,1-3H3/t24-/m1/s1. The van der Waals surface area contributed by atoms with Crippen LogP contribution < -0.4 is 4.74 Å². The molecule has 0 bridgehead atoms. The van der Waals surface area contributed by atoms with Gasteiger partial charge in [-0.15, -0.1) is 0 Å². The van der Waals surface area contributed by atoms with E-state index in [1.54, 1.807) is 7.05 Å².